The first kappa shape index (κ1) is 15.2. The van der Waals surface area contributed by atoms with Crippen LogP contribution < -0.4 is 9.47 Å². The second-order valence-corrected chi connectivity index (χ2v) is 5.88. The summed E-state index contributed by atoms with van der Waals surface area (Å²) in [4.78, 5) is 26.7. The van der Waals surface area contributed by atoms with Crippen molar-refractivity contribution in [1.82, 2.24) is 4.98 Å². The van der Waals surface area contributed by atoms with E-state index in [0.717, 1.165) is 16.5 Å². The molecule has 0 saturated carbocycles. The number of allylic oxidation sites excluding steroid dienone is 1. The molecule has 25 heavy (non-hydrogen) atoms. The third-order valence-corrected chi connectivity index (χ3v) is 3.99. The normalized spacial score (nSPS) is 14.6. The van der Waals surface area contributed by atoms with Gasteiger partial charge in [0.25, 0.3) is 0 Å². The van der Waals surface area contributed by atoms with Gasteiger partial charge < -0.3 is 14.5 Å². The Kier molecular flexibility index (Phi) is 3.61. The average Bonchev–Trinajstić information content (AvgIpc) is 3.15. The zero-order chi connectivity index (χ0) is 17.4. The Hall–Kier alpha value is -3.34. The maximum Gasteiger partial charge on any atom is 0.231 e. The van der Waals surface area contributed by atoms with Crippen molar-refractivity contribution in [1.29, 1.82) is 0 Å². The summed E-state index contributed by atoms with van der Waals surface area (Å²) in [5, 5.41) is 1.02. The number of hydrogen-bond acceptors (Lipinski definition) is 4. The summed E-state index contributed by atoms with van der Waals surface area (Å²) in [6, 6.07) is 12.8. The number of nitrogens with one attached hydrogen (secondary N) is 1. The van der Waals surface area contributed by atoms with E-state index in [1.165, 1.54) is 6.92 Å². The van der Waals surface area contributed by atoms with Gasteiger partial charge in [-0.2, -0.15) is 0 Å². The summed E-state index contributed by atoms with van der Waals surface area (Å²) in [6.45, 7) is 1.44. The lowest BCUT2D eigenvalue weighted by Crippen LogP contribution is -2.06. The van der Waals surface area contributed by atoms with E-state index in [9.17, 15) is 9.59 Å². The van der Waals surface area contributed by atoms with Gasteiger partial charge in [-0.15, -0.1) is 0 Å². The topological polar surface area (TPSA) is 68.4 Å². The van der Waals surface area contributed by atoms with E-state index in [1.807, 2.05) is 30.5 Å². The van der Waals surface area contributed by atoms with Crippen molar-refractivity contribution < 1.29 is 19.1 Å². The van der Waals surface area contributed by atoms with Gasteiger partial charge in [-0.3, -0.25) is 9.59 Å². The zero-order valence-electron chi connectivity index (χ0n) is 13.5. The van der Waals surface area contributed by atoms with Crippen LogP contribution in [0.4, 0.5) is 0 Å². The molecule has 0 spiro atoms. The van der Waals surface area contributed by atoms with Crippen molar-refractivity contribution in [2.75, 3.05) is 6.61 Å². The molecule has 0 fully saturated rings. The molecule has 1 aromatic heterocycles. The minimum Gasteiger partial charge on any atom is -0.486 e. The minimum absolute atomic E-state index is 0.00916. The number of hydrogen-bond donors (Lipinski definition) is 1. The molecular weight excluding hydrogens is 318 g/mol. The van der Waals surface area contributed by atoms with Crippen molar-refractivity contribution >= 4 is 28.5 Å². The molecule has 5 heteroatoms. The summed E-state index contributed by atoms with van der Waals surface area (Å²) < 4.78 is 11.1. The molecule has 0 aliphatic carbocycles. The van der Waals surface area contributed by atoms with Crippen LogP contribution in [-0.4, -0.2) is 23.2 Å². The van der Waals surface area contributed by atoms with Crippen molar-refractivity contribution in [2.24, 2.45) is 0 Å². The van der Waals surface area contributed by atoms with Gasteiger partial charge in [0, 0.05) is 28.7 Å². The summed E-state index contributed by atoms with van der Waals surface area (Å²) in [5.74, 6) is 0.964. The number of aromatic nitrogens is 1. The van der Waals surface area contributed by atoms with Gasteiger partial charge in [0.05, 0.1) is 5.56 Å². The quantitative estimate of drug-likeness (QED) is 0.738. The van der Waals surface area contributed by atoms with E-state index in [1.54, 1.807) is 24.3 Å². The number of fused-ring (bicyclic) bond motifs is 2. The lowest BCUT2D eigenvalue weighted by atomic mass is 10.1. The first-order valence-corrected chi connectivity index (χ1v) is 7.88. The summed E-state index contributed by atoms with van der Waals surface area (Å²) in [5.41, 5.74) is 2.37. The van der Waals surface area contributed by atoms with Crippen LogP contribution >= 0.6 is 0 Å². The van der Waals surface area contributed by atoms with E-state index < -0.39 is 0 Å². The molecule has 1 aliphatic rings. The fourth-order valence-corrected chi connectivity index (χ4v) is 2.80. The van der Waals surface area contributed by atoms with Gasteiger partial charge in [0.2, 0.25) is 5.78 Å². The number of carbonyl (C=O) groups excluding carboxylic acids is 2. The second kappa shape index (κ2) is 5.94. The molecule has 5 nitrogen and oxygen atoms in total. The maximum atomic E-state index is 12.5. The Morgan fingerprint density at radius 3 is 2.92 bits per heavy atom. The van der Waals surface area contributed by atoms with E-state index >= 15 is 0 Å². The fraction of sp³-hybridized carbons (Fsp3) is 0.100. The van der Waals surface area contributed by atoms with Crippen LogP contribution in [-0.2, 0) is 4.79 Å². The third-order valence-electron chi connectivity index (χ3n) is 3.99. The van der Waals surface area contributed by atoms with Crippen molar-refractivity contribution in [3.8, 4) is 11.5 Å². The van der Waals surface area contributed by atoms with Gasteiger partial charge in [-0.05, 0) is 31.2 Å². The highest BCUT2D eigenvalue weighted by molar-refractivity contribution is 6.15. The first-order valence-electron chi connectivity index (χ1n) is 7.88. The van der Waals surface area contributed by atoms with Gasteiger partial charge in [0.1, 0.15) is 18.1 Å². The molecule has 1 aliphatic heterocycles. The Morgan fingerprint density at radius 2 is 2.08 bits per heavy atom. The monoisotopic (exact) mass is 333 g/mol. The SMILES string of the molecule is CC(=O)COc1ccc2c(c1)O/C(=C/c1c[nH]c3ccccc13)C2=O. The van der Waals surface area contributed by atoms with Crippen LogP contribution in [0.25, 0.3) is 17.0 Å². The summed E-state index contributed by atoms with van der Waals surface area (Å²) in [6.07, 6.45) is 3.58. The number of para-hydroxylation sites is 1. The fourth-order valence-electron chi connectivity index (χ4n) is 2.80. The third kappa shape index (κ3) is 2.80. The number of H-pyrrole nitrogens is 1. The molecule has 0 saturated heterocycles. The van der Waals surface area contributed by atoms with Crippen LogP contribution in [0.1, 0.15) is 22.8 Å². The Labute approximate surface area is 143 Å². The van der Waals surface area contributed by atoms with Gasteiger partial charge >= 0.3 is 0 Å². The Morgan fingerprint density at radius 1 is 1.24 bits per heavy atom. The maximum absolute atomic E-state index is 12.5. The number of benzene rings is 2. The highest BCUT2D eigenvalue weighted by Crippen LogP contribution is 2.35. The summed E-state index contributed by atoms with van der Waals surface area (Å²) >= 11 is 0. The second-order valence-electron chi connectivity index (χ2n) is 5.88. The van der Waals surface area contributed by atoms with Crippen LogP contribution in [0.5, 0.6) is 11.5 Å². The van der Waals surface area contributed by atoms with Crippen molar-refractivity contribution in [3.63, 3.8) is 0 Å². The van der Waals surface area contributed by atoms with E-state index in [-0.39, 0.29) is 23.9 Å². The van der Waals surface area contributed by atoms with E-state index in [0.29, 0.717) is 17.1 Å². The van der Waals surface area contributed by atoms with Gasteiger partial charge in [-0.25, -0.2) is 0 Å². The van der Waals surface area contributed by atoms with Crippen molar-refractivity contribution in [3.05, 3.63) is 65.5 Å². The largest absolute Gasteiger partial charge is 0.486 e. The first-order chi connectivity index (χ1) is 12.1. The van der Waals surface area contributed by atoms with Crippen LogP contribution in [0, 0.1) is 0 Å². The highest BCUT2D eigenvalue weighted by atomic mass is 16.5. The number of aromatic amines is 1. The van der Waals surface area contributed by atoms with Gasteiger partial charge in [0.15, 0.2) is 11.5 Å². The molecule has 0 unspecified atom stereocenters. The van der Waals surface area contributed by atoms with Crippen molar-refractivity contribution in [2.45, 2.75) is 6.92 Å². The predicted molar refractivity (Wildman–Crippen MR) is 93.9 cm³/mol. The highest BCUT2D eigenvalue weighted by Gasteiger charge is 2.28. The molecule has 4 rings (SSSR count). The molecule has 0 amide bonds. The van der Waals surface area contributed by atoms with Crippen LogP contribution in [0.2, 0.25) is 0 Å². The Balaban J connectivity index is 1.64. The molecule has 0 radical (unpaired) electrons. The smallest absolute Gasteiger partial charge is 0.231 e. The average molecular weight is 333 g/mol. The number of Topliss-reactive ketones (excluding diaryl/α,β-unsaturated/α-hetero) is 2. The van der Waals surface area contributed by atoms with E-state index in [2.05, 4.69) is 4.98 Å². The van der Waals surface area contributed by atoms with Gasteiger partial charge in [-0.1, -0.05) is 18.2 Å². The number of ketones is 2. The molecule has 0 atom stereocenters. The molecule has 2 heterocycles. The lowest BCUT2D eigenvalue weighted by Gasteiger charge is -2.04. The Bertz CT molecular complexity index is 1030. The molecule has 3 aromatic rings. The minimum atomic E-state index is -0.168. The number of rotatable bonds is 4. The number of carbonyl (C=O) groups is 2. The standard InChI is InChI=1S/C20H15NO4/c1-12(22)11-24-14-6-7-16-18(9-14)25-19(20(16)23)8-13-10-21-17-5-3-2-4-15(13)17/h2-10,21H,11H2,1H3/b19-8+. The molecule has 0 bridgehead atoms. The lowest BCUT2D eigenvalue weighted by molar-refractivity contribution is -0.118. The molecule has 2 aromatic carbocycles. The predicted octanol–water partition coefficient (Wildman–Crippen LogP) is 3.75. The molecule has 1 N–H and O–H groups in total. The zero-order valence-corrected chi connectivity index (χ0v) is 13.5. The van der Waals surface area contributed by atoms with E-state index in [4.69, 9.17) is 9.47 Å². The molecular formula is C20H15NO4. The molecule has 124 valence electrons. The van der Waals surface area contributed by atoms with Crippen LogP contribution in [0.15, 0.2) is 54.4 Å². The van der Waals surface area contributed by atoms with Crippen LogP contribution in [0.3, 0.4) is 0 Å². The number of ether oxygens (including phenoxy) is 2. The summed E-state index contributed by atoms with van der Waals surface area (Å²) in [7, 11) is 0.